The summed E-state index contributed by atoms with van der Waals surface area (Å²) in [6.45, 7) is 8.26. The van der Waals surface area contributed by atoms with E-state index < -0.39 is 0 Å². The van der Waals surface area contributed by atoms with Crippen LogP contribution in [0.15, 0.2) is 0 Å². The first-order valence-corrected chi connectivity index (χ1v) is 6.92. The standard InChI is InChI=1S/C11H17Cl2N5/c1-3-8(2)17-4-6-18(7-5-17)10-9(12)15-16-11(13)14-10/h8H,3-7H2,1-2H3. The van der Waals surface area contributed by atoms with Gasteiger partial charge in [0.15, 0.2) is 11.0 Å². The van der Waals surface area contributed by atoms with Crippen LogP contribution in [-0.4, -0.2) is 52.3 Å². The fourth-order valence-electron chi connectivity index (χ4n) is 2.12. The molecular formula is C11H17Cl2N5. The van der Waals surface area contributed by atoms with Crippen molar-refractivity contribution in [3.05, 3.63) is 10.4 Å². The Morgan fingerprint density at radius 1 is 1.17 bits per heavy atom. The topological polar surface area (TPSA) is 45.2 Å². The van der Waals surface area contributed by atoms with Gasteiger partial charge in [0.2, 0.25) is 5.28 Å². The molecule has 1 unspecified atom stereocenters. The van der Waals surface area contributed by atoms with Crippen molar-refractivity contribution in [1.29, 1.82) is 0 Å². The van der Waals surface area contributed by atoms with Crippen LogP contribution in [0.4, 0.5) is 5.82 Å². The molecule has 1 fully saturated rings. The number of anilines is 1. The van der Waals surface area contributed by atoms with Crippen molar-refractivity contribution in [3.63, 3.8) is 0 Å². The zero-order valence-corrected chi connectivity index (χ0v) is 12.1. The van der Waals surface area contributed by atoms with E-state index in [-0.39, 0.29) is 5.28 Å². The first-order valence-electron chi connectivity index (χ1n) is 6.16. The molecule has 0 bridgehead atoms. The third-order valence-corrected chi connectivity index (χ3v) is 3.84. The van der Waals surface area contributed by atoms with E-state index in [1.54, 1.807) is 0 Å². The van der Waals surface area contributed by atoms with E-state index in [0.717, 1.165) is 26.2 Å². The number of nitrogens with zero attached hydrogens (tertiary/aromatic N) is 5. The Morgan fingerprint density at radius 3 is 2.44 bits per heavy atom. The highest BCUT2D eigenvalue weighted by atomic mass is 35.5. The number of halogens is 2. The number of hydrogen-bond acceptors (Lipinski definition) is 5. The Hall–Kier alpha value is -0.650. The average molecular weight is 290 g/mol. The maximum atomic E-state index is 6.01. The molecule has 2 heterocycles. The molecule has 7 heteroatoms. The molecule has 5 nitrogen and oxygen atoms in total. The molecule has 0 spiro atoms. The molecule has 0 N–H and O–H groups in total. The fraction of sp³-hybridized carbons (Fsp3) is 0.727. The van der Waals surface area contributed by atoms with Crippen LogP contribution in [0.3, 0.4) is 0 Å². The number of hydrogen-bond donors (Lipinski definition) is 0. The van der Waals surface area contributed by atoms with Crippen molar-refractivity contribution in [2.45, 2.75) is 26.3 Å². The van der Waals surface area contributed by atoms with Crippen molar-refractivity contribution in [2.24, 2.45) is 0 Å². The van der Waals surface area contributed by atoms with Crippen LogP contribution in [0.5, 0.6) is 0 Å². The van der Waals surface area contributed by atoms with E-state index in [9.17, 15) is 0 Å². The van der Waals surface area contributed by atoms with Crippen molar-refractivity contribution >= 4 is 29.0 Å². The summed E-state index contributed by atoms with van der Waals surface area (Å²) in [4.78, 5) is 8.74. The smallest absolute Gasteiger partial charge is 0.245 e. The number of aromatic nitrogens is 3. The molecule has 1 aromatic heterocycles. The molecule has 0 radical (unpaired) electrons. The molecule has 18 heavy (non-hydrogen) atoms. The third kappa shape index (κ3) is 3.02. The lowest BCUT2D eigenvalue weighted by Gasteiger charge is -2.38. The average Bonchev–Trinajstić information content (AvgIpc) is 2.41. The van der Waals surface area contributed by atoms with Crippen molar-refractivity contribution in [1.82, 2.24) is 20.1 Å². The molecule has 1 saturated heterocycles. The Balaban J connectivity index is 2.03. The number of rotatable bonds is 3. The Labute approximate surface area is 117 Å². The van der Waals surface area contributed by atoms with Crippen LogP contribution in [0.25, 0.3) is 0 Å². The predicted molar refractivity (Wildman–Crippen MR) is 73.4 cm³/mol. The lowest BCUT2D eigenvalue weighted by atomic mass is 10.2. The monoisotopic (exact) mass is 289 g/mol. The summed E-state index contributed by atoms with van der Waals surface area (Å²) in [5, 5.41) is 7.87. The molecular weight excluding hydrogens is 273 g/mol. The summed E-state index contributed by atoms with van der Waals surface area (Å²) in [6, 6.07) is 0.620. The van der Waals surface area contributed by atoms with Gasteiger partial charge in [-0.3, -0.25) is 4.90 Å². The van der Waals surface area contributed by atoms with E-state index in [1.165, 1.54) is 6.42 Å². The van der Waals surface area contributed by atoms with Gasteiger partial charge in [0.25, 0.3) is 0 Å². The highest BCUT2D eigenvalue weighted by molar-refractivity contribution is 6.32. The highest BCUT2D eigenvalue weighted by Crippen LogP contribution is 2.23. The Morgan fingerprint density at radius 2 is 1.83 bits per heavy atom. The van der Waals surface area contributed by atoms with Gasteiger partial charge in [0, 0.05) is 32.2 Å². The van der Waals surface area contributed by atoms with Gasteiger partial charge < -0.3 is 4.90 Å². The van der Waals surface area contributed by atoms with E-state index in [0.29, 0.717) is 17.0 Å². The van der Waals surface area contributed by atoms with E-state index in [2.05, 4.69) is 38.8 Å². The quantitative estimate of drug-likeness (QED) is 0.853. The predicted octanol–water partition coefficient (Wildman–Crippen LogP) is 2.10. The van der Waals surface area contributed by atoms with Gasteiger partial charge in [-0.2, -0.15) is 4.98 Å². The second-order valence-electron chi connectivity index (χ2n) is 4.48. The SMILES string of the molecule is CCC(C)N1CCN(c2nc(Cl)nnc2Cl)CC1. The van der Waals surface area contributed by atoms with Crippen molar-refractivity contribution < 1.29 is 0 Å². The van der Waals surface area contributed by atoms with Crippen LogP contribution < -0.4 is 4.90 Å². The maximum absolute atomic E-state index is 6.01. The van der Waals surface area contributed by atoms with Gasteiger partial charge >= 0.3 is 0 Å². The largest absolute Gasteiger partial charge is 0.351 e. The minimum Gasteiger partial charge on any atom is -0.351 e. The van der Waals surface area contributed by atoms with Crippen LogP contribution in [0, 0.1) is 0 Å². The van der Waals surface area contributed by atoms with Gasteiger partial charge in [0.05, 0.1) is 0 Å². The van der Waals surface area contributed by atoms with Gasteiger partial charge in [-0.15, -0.1) is 10.2 Å². The molecule has 1 aromatic rings. The van der Waals surface area contributed by atoms with E-state index in [1.807, 2.05) is 0 Å². The first-order chi connectivity index (χ1) is 8.61. The van der Waals surface area contributed by atoms with Crippen LogP contribution >= 0.6 is 23.2 Å². The van der Waals surface area contributed by atoms with Gasteiger partial charge in [-0.1, -0.05) is 18.5 Å². The molecule has 0 amide bonds. The van der Waals surface area contributed by atoms with Gasteiger partial charge in [-0.25, -0.2) is 0 Å². The summed E-state index contributed by atoms with van der Waals surface area (Å²) in [7, 11) is 0. The van der Waals surface area contributed by atoms with Crippen LogP contribution in [0.1, 0.15) is 20.3 Å². The zero-order chi connectivity index (χ0) is 13.1. The zero-order valence-electron chi connectivity index (χ0n) is 10.6. The summed E-state index contributed by atoms with van der Waals surface area (Å²) in [5.74, 6) is 0.639. The van der Waals surface area contributed by atoms with Gasteiger partial charge in [0.1, 0.15) is 0 Å². The lowest BCUT2D eigenvalue weighted by molar-refractivity contribution is 0.192. The minimum absolute atomic E-state index is 0.138. The van der Waals surface area contributed by atoms with Crippen LogP contribution in [0.2, 0.25) is 10.4 Å². The molecule has 0 aliphatic carbocycles. The van der Waals surface area contributed by atoms with Crippen molar-refractivity contribution in [2.75, 3.05) is 31.1 Å². The molecule has 1 aliphatic heterocycles. The minimum atomic E-state index is 0.138. The second kappa shape index (κ2) is 5.99. The summed E-state index contributed by atoms with van der Waals surface area (Å²) >= 11 is 11.8. The summed E-state index contributed by atoms with van der Waals surface area (Å²) in [5.41, 5.74) is 0. The normalized spacial score (nSPS) is 19.0. The van der Waals surface area contributed by atoms with Crippen molar-refractivity contribution in [3.8, 4) is 0 Å². The first kappa shape index (κ1) is 13.8. The Bertz CT molecular complexity index is 406. The van der Waals surface area contributed by atoms with E-state index in [4.69, 9.17) is 23.2 Å². The fourth-order valence-corrected chi connectivity index (χ4v) is 2.44. The molecule has 0 saturated carbocycles. The summed E-state index contributed by atoms with van der Waals surface area (Å²) in [6.07, 6.45) is 1.17. The Kier molecular flexibility index (Phi) is 4.59. The molecule has 1 atom stereocenters. The molecule has 2 rings (SSSR count). The molecule has 1 aliphatic rings. The third-order valence-electron chi connectivity index (χ3n) is 3.43. The maximum Gasteiger partial charge on any atom is 0.245 e. The van der Waals surface area contributed by atoms with E-state index >= 15 is 0 Å². The lowest BCUT2D eigenvalue weighted by Crippen LogP contribution is -2.49. The summed E-state index contributed by atoms with van der Waals surface area (Å²) < 4.78 is 0. The molecule has 100 valence electrons. The second-order valence-corrected chi connectivity index (χ2v) is 5.17. The highest BCUT2D eigenvalue weighted by Gasteiger charge is 2.23. The number of piperazine rings is 1. The molecule has 0 aromatic carbocycles. The van der Waals surface area contributed by atoms with Crippen LogP contribution in [-0.2, 0) is 0 Å². The van der Waals surface area contributed by atoms with Gasteiger partial charge in [-0.05, 0) is 24.9 Å².